The number of hydrogen-bond acceptors (Lipinski definition) is 7. The summed E-state index contributed by atoms with van der Waals surface area (Å²) in [5.41, 5.74) is 3.08. The second-order valence-corrected chi connectivity index (χ2v) is 9.01. The molecule has 0 spiro atoms. The van der Waals surface area contributed by atoms with Gasteiger partial charge in [-0.2, -0.15) is 0 Å². The third-order valence-corrected chi connectivity index (χ3v) is 6.53. The number of benzene rings is 4. The van der Waals surface area contributed by atoms with Crippen molar-refractivity contribution < 1.29 is 33.2 Å². The lowest BCUT2D eigenvalue weighted by atomic mass is 9.94. The maximum atomic E-state index is 13.6. The van der Waals surface area contributed by atoms with Crippen molar-refractivity contribution in [3.8, 4) is 34.5 Å². The van der Waals surface area contributed by atoms with Crippen LogP contribution < -0.4 is 28.4 Å². The van der Waals surface area contributed by atoms with Gasteiger partial charge in [-0.15, -0.1) is 0 Å². The molecule has 0 aliphatic carbocycles. The lowest BCUT2D eigenvalue weighted by Gasteiger charge is -2.29. The van der Waals surface area contributed by atoms with Crippen molar-refractivity contribution in [1.29, 1.82) is 0 Å². The smallest absolute Gasteiger partial charge is 0.204 e. The first-order valence-corrected chi connectivity index (χ1v) is 12.6. The van der Waals surface area contributed by atoms with E-state index in [9.17, 15) is 4.79 Å². The van der Waals surface area contributed by atoms with Crippen LogP contribution in [0.4, 0.5) is 0 Å². The van der Waals surface area contributed by atoms with E-state index in [1.807, 2.05) is 72.8 Å². The number of rotatable bonds is 10. The highest BCUT2D eigenvalue weighted by molar-refractivity contribution is 6.04. The average molecular weight is 527 g/mol. The molecule has 1 atom stereocenters. The lowest BCUT2D eigenvalue weighted by molar-refractivity contribution is 0.0838. The zero-order valence-corrected chi connectivity index (χ0v) is 22.1. The van der Waals surface area contributed by atoms with Crippen LogP contribution >= 0.6 is 0 Å². The Morgan fingerprint density at radius 2 is 1.33 bits per heavy atom. The molecule has 0 saturated carbocycles. The van der Waals surface area contributed by atoms with Gasteiger partial charge in [0.15, 0.2) is 28.8 Å². The molecule has 5 rings (SSSR count). The molecule has 1 unspecified atom stereocenters. The molecule has 0 radical (unpaired) electrons. The third-order valence-electron chi connectivity index (χ3n) is 6.53. The first-order valence-electron chi connectivity index (χ1n) is 12.6. The van der Waals surface area contributed by atoms with Crippen LogP contribution in [0.3, 0.4) is 0 Å². The maximum Gasteiger partial charge on any atom is 0.204 e. The summed E-state index contributed by atoms with van der Waals surface area (Å²) in [7, 11) is 4.69. The van der Waals surface area contributed by atoms with Crippen LogP contribution in [0.25, 0.3) is 0 Å². The summed E-state index contributed by atoms with van der Waals surface area (Å²) in [6.07, 6.45) is -0.403. The van der Waals surface area contributed by atoms with E-state index in [2.05, 4.69) is 0 Å². The Balaban J connectivity index is 1.53. The van der Waals surface area contributed by atoms with Gasteiger partial charge in [-0.3, -0.25) is 4.79 Å². The molecule has 0 N–H and O–H groups in total. The van der Waals surface area contributed by atoms with Gasteiger partial charge in [-0.1, -0.05) is 66.7 Å². The van der Waals surface area contributed by atoms with Gasteiger partial charge in [0.05, 0.1) is 27.8 Å². The van der Waals surface area contributed by atoms with Gasteiger partial charge in [0.25, 0.3) is 0 Å². The molecule has 4 aromatic carbocycles. The van der Waals surface area contributed by atoms with Crippen molar-refractivity contribution in [2.45, 2.75) is 25.7 Å². The highest BCUT2D eigenvalue weighted by Gasteiger charge is 2.35. The first-order chi connectivity index (χ1) is 19.1. The minimum Gasteiger partial charge on any atom is -0.493 e. The van der Waals surface area contributed by atoms with Crippen molar-refractivity contribution >= 4 is 5.78 Å². The Bertz CT molecular complexity index is 1430. The zero-order chi connectivity index (χ0) is 27.2. The fourth-order valence-corrected chi connectivity index (χ4v) is 4.56. The lowest BCUT2D eigenvalue weighted by Crippen LogP contribution is -2.22. The number of ketones is 1. The van der Waals surface area contributed by atoms with Gasteiger partial charge >= 0.3 is 0 Å². The summed E-state index contributed by atoms with van der Waals surface area (Å²) >= 11 is 0. The number of carbonyl (C=O) groups is 1. The molecule has 0 bridgehead atoms. The summed E-state index contributed by atoms with van der Waals surface area (Å²) < 4.78 is 35.4. The van der Waals surface area contributed by atoms with Crippen LogP contribution in [0.5, 0.6) is 34.5 Å². The Labute approximate surface area is 227 Å². The van der Waals surface area contributed by atoms with E-state index in [1.54, 1.807) is 26.4 Å². The molecule has 0 saturated heterocycles. The summed E-state index contributed by atoms with van der Waals surface area (Å²) in [5, 5.41) is 0. The Morgan fingerprint density at radius 3 is 1.95 bits per heavy atom. The van der Waals surface area contributed by atoms with E-state index < -0.39 is 6.10 Å². The summed E-state index contributed by atoms with van der Waals surface area (Å²) in [5.74, 6) is 2.49. The van der Waals surface area contributed by atoms with Crippen molar-refractivity contribution in [3.05, 3.63) is 107 Å². The van der Waals surface area contributed by atoms with Gasteiger partial charge in [0.2, 0.25) is 5.75 Å². The molecule has 7 heteroatoms. The van der Waals surface area contributed by atoms with Gasteiger partial charge in [-0.25, -0.2) is 0 Å². The number of hydrogen-bond donors (Lipinski definition) is 0. The number of carbonyl (C=O) groups excluding carboxylic acids is 1. The monoisotopic (exact) mass is 526 g/mol. The van der Waals surface area contributed by atoms with Crippen molar-refractivity contribution in [3.63, 3.8) is 0 Å². The maximum absolute atomic E-state index is 13.6. The number of ether oxygens (including phenoxy) is 6. The number of fused-ring (bicyclic) bond motifs is 1. The predicted octanol–water partition coefficient (Wildman–Crippen LogP) is 6.58. The highest BCUT2D eigenvalue weighted by atomic mass is 16.5. The highest BCUT2D eigenvalue weighted by Crippen LogP contribution is 2.50. The second-order valence-electron chi connectivity index (χ2n) is 9.01. The van der Waals surface area contributed by atoms with Gasteiger partial charge < -0.3 is 28.4 Å². The molecule has 39 heavy (non-hydrogen) atoms. The van der Waals surface area contributed by atoms with Crippen LogP contribution in [-0.4, -0.2) is 27.1 Å². The van der Waals surface area contributed by atoms with E-state index in [0.29, 0.717) is 46.7 Å². The average Bonchev–Trinajstić information content (AvgIpc) is 2.99. The van der Waals surface area contributed by atoms with Crippen LogP contribution in [0.15, 0.2) is 84.9 Å². The van der Waals surface area contributed by atoms with E-state index in [1.165, 1.54) is 7.11 Å². The Hall–Kier alpha value is -4.65. The zero-order valence-electron chi connectivity index (χ0n) is 22.1. The van der Waals surface area contributed by atoms with Crippen molar-refractivity contribution in [2.75, 3.05) is 21.3 Å². The molecule has 0 amide bonds. The third kappa shape index (κ3) is 5.62. The molecule has 0 aromatic heterocycles. The van der Waals surface area contributed by atoms with Crippen LogP contribution in [0.2, 0.25) is 0 Å². The minimum atomic E-state index is -0.526. The van der Waals surface area contributed by atoms with E-state index in [0.717, 1.165) is 16.7 Å². The van der Waals surface area contributed by atoms with Gasteiger partial charge in [0.1, 0.15) is 30.6 Å². The molecular formula is C32H30O7. The molecule has 0 fully saturated rings. The molecule has 4 aromatic rings. The van der Waals surface area contributed by atoms with E-state index >= 15 is 0 Å². The summed E-state index contributed by atoms with van der Waals surface area (Å²) in [6, 6.07) is 26.7. The van der Waals surface area contributed by atoms with Crippen LogP contribution in [0.1, 0.15) is 39.6 Å². The topological polar surface area (TPSA) is 72.5 Å². The normalized spacial score (nSPS) is 14.1. The first kappa shape index (κ1) is 26.0. The van der Waals surface area contributed by atoms with Crippen LogP contribution in [0, 0.1) is 0 Å². The quantitative estimate of drug-likeness (QED) is 0.231. The van der Waals surface area contributed by atoms with Crippen LogP contribution in [-0.2, 0) is 13.2 Å². The largest absolute Gasteiger partial charge is 0.493 e. The molecular weight excluding hydrogens is 496 g/mol. The molecule has 7 nitrogen and oxygen atoms in total. The molecule has 200 valence electrons. The van der Waals surface area contributed by atoms with Crippen molar-refractivity contribution in [2.24, 2.45) is 0 Å². The molecule has 1 aliphatic heterocycles. The van der Waals surface area contributed by atoms with Gasteiger partial charge in [-0.05, 0) is 28.8 Å². The SMILES string of the molecule is COc1ccc(C2CC(=O)c3c(cc(OCc4ccccc4)c(OC)c3OCc3ccccc3)O2)cc1OC. The fourth-order valence-electron chi connectivity index (χ4n) is 4.56. The van der Waals surface area contributed by atoms with Crippen molar-refractivity contribution in [1.82, 2.24) is 0 Å². The summed E-state index contributed by atoms with van der Waals surface area (Å²) in [4.78, 5) is 13.6. The Morgan fingerprint density at radius 1 is 0.692 bits per heavy atom. The second kappa shape index (κ2) is 11.8. The number of Topliss-reactive ketones (excluding diaryl/α,β-unsaturated/α-hetero) is 1. The van der Waals surface area contributed by atoms with Gasteiger partial charge in [0, 0.05) is 6.07 Å². The number of methoxy groups -OCH3 is 3. The van der Waals surface area contributed by atoms with E-state index in [4.69, 9.17) is 28.4 Å². The minimum absolute atomic E-state index is 0.119. The Kier molecular flexibility index (Phi) is 7.87. The summed E-state index contributed by atoms with van der Waals surface area (Å²) in [6.45, 7) is 0.555. The standard InChI is InChI=1S/C32H30O7/c1-34-25-15-14-23(16-27(25)35-2)26-17-24(33)30-28(39-26)18-29(37-19-21-10-6-4-7-11-21)31(36-3)32(30)38-20-22-12-8-5-9-13-22/h4-16,18,26H,17,19-20H2,1-3H3. The fraction of sp³-hybridized carbons (Fsp3) is 0.219. The predicted molar refractivity (Wildman–Crippen MR) is 146 cm³/mol. The van der Waals surface area contributed by atoms with E-state index in [-0.39, 0.29) is 18.8 Å². The molecule has 1 aliphatic rings. The molecule has 1 heterocycles.